The third-order valence-electron chi connectivity index (χ3n) is 2.53. The maximum Gasteiger partial charge on any atom is 0.200 e. The van der Waals surface area contributed by atoms with E-state index in [0.29, 0.717) is 0 Å². The average molecular weight is 195 g/mol. The van der Waals surface area contributed by atoms with E-state index >= 15 is 0 Å². The normalized spacial score (nSPS) is 19.3. The molecule has 1 aliphatic carbocycles. The van der Waals surface area contributed by atoms with Crippen LogP contribution < -0.4 is 5.32 Å². The fourth-order valence-corrected chi connectivity index (χ4v) is 1.77. The molecular formula is C11H21N3. The summed E-state index contributed by atoms with van der Waals surface area (Å²) in [5, 5.41) is 3.03. The molecule has 0 radical (unpaired) electrons. The van der Waals surface area contributed by atoms with Crippen LogP contribution in [0, 0.1) is 5.92 Å². The number of aromatic amines is 1. The summed E-state index contributed by atoms with van der Waals surface area (Å²) in [6.45, 7) is 6.29. The highest BCUT2D eigenvalue weighted by Crippen LogP contribution is 2.24. The molecule has 1 aromatic heterocycles. The average Bonchev–Trinajstić information content (AvgIpc) is 2.62. The third kappa shape index (κ3) is 2.28. The van der Waals surface area contributed by atoms with E-state index < -0.39 is 0 Å². The van der Waals surface area contributed by atoms with Crippen molar-refractivity contribution in [3.63, 3.8) is 0 Å². The van der Waals surface area contributed by atoms with Crippen LogP contribution in [0.5, 0.6) is 0 Å². The van der Waals surface area contributed by atoms with Crippen LogP contribution in [-0.2, 0) is 12.8 Å². The Morgan fingerprint density at radius 1 is 1.43 bits per heavy atom. The molecule has 2 rings (SSSR count). The number of nitrogens with one attached hydrogen (secondary N) is 2. The maximum atomic E-state index is 4.44. The van der Waals surface area contributed by atoms with E-state index in [4.69, 9.17) is 0 Å². The number of anilines is 1. The van der Waals surface area contributed by atoms with E-state index in [1.165, 1.54) is 17.8 Å². The summed E-state index contributed by atoms with van der Waals surface area (Å²) in [6, 6.07) is 0. The molecule has 0 saturated heterocycles. The molecular weight excluding hydrogens is 174 g/mol. The number of fused-ring (bicyclic) bond motifs is 1. The fraction of sp³-hybridized carbons (Fsp3) is 0.727. The van der Waals surface area contributed by atoms with Gasteiger partial charge in [-0.1, -0.05) is 20.8 Å². The molecule has 1 aromatic rings. The van der Waals surface area contributed by atoms with Crippen LogP contribution >= 0.6 is 0 Å². The minimum atomic E-state index is 0.808. The SMILES string of the molecule is CC.CNc1nc2c([nH]1)CC(C)CC2. The first kappa shape index (κ1) is 11.1. The van der Waals surface area contributed by atoms with Gasteiger partial charge in [-0.25, -0.2) is 4.98 Å². The molecule has 3 nitrogen and oxygen atoms in total. The minimum absolute atomic E-state index is 0.808. The Morgan fingerprint density at radius 2 is 2.14 bits per heavy atom. The first-order valence-corrected chi connectivity index (χ1v) is 5.55. The first-order chi connectivity index (χ1) is 6.79. The molecule has 14 heavy (non-hydrogen) atoms. The van der Waals surface area contributed by atoms with Gasteiger partial charge in [0.25, 0.3) is 0 Å². The number of hydrogen-bond acceptors (Lipinski definition) is 2. The van der Waals surface area contributed by atoms with Gasteiger partial charge in [0.1, 0.15) is 0 Å². The zero-order valence-electron chi connectivity index (χ0n) is 9.65. The molecule has 1 heterocycles. The molecule has 0 fully saturated rings. The number of imidazole rings is 1. The van der Waals surface area contributed by atoms with Crippen LogP contribution in [0.15, 0.2) is 0 Å². The molecule has 0 aromatic carbocycles. The smallest absolute Gasteiger partial charge is 0.200 e. The lowest BCUT2D eigenvalue weighted by Gasteiger charge is -2.15. The lowest BCUT2D eigenvalue weighted by atomic mass is 9.92. The highest BCUT2D eigenvalue weighted by Gasteiger charge is 2.18. The Labute approximate surface area is 86.3 Å². The Kier molecular flexibility index (Phi) is 3.98. The molecule has 0 bridgehead atoms. The summed E-state index contributed by atoms with van der Waals surface area (Å²) in [4.78, 5) is 7.73. The quantitative estimate of drug-likeness (QED) is 0.723. The van der Waals surface area contributed by atoms with Crippen molar-refractivity contribution in [3.8, 4) is 0 Å². The second-order valence-electron chi connectivity index (χ2n) is 3.61. The lowest BCUT2D eigenvalue weighted by molar-refractivity contribution is 0.492. The molecule has 0 saturated carbocycles. The van der Waals surface area contributed by atoms with Crippen LogP contribution in [0.4, 0.5) is 5.95 Å². The van der Waals surface area contributed by atoms with E-state index in [2.05, 4.69) is 22.2 Å². The second-order valence-corrected chi connectivity index (χ2v) is 3.61. The Hall–Kier alpha value is -0.990. The predicted octanol–water partition coefficient (Wildman–Crippen LogP) is 2.60. The molecule has 0 amide bonds. The van der Waals surface area contributed by atoms with Gasteiger partial charge in [0.2, 0.25) is 0 Å². The van der Waals surface area contributed by atoms with E-state index in [9.17, 15) is 0 Å². The number of H-pyrrole nitrogens is 1. The topological polar surface area (TPSA) is 40.7 Å². The van der Waals surface area contributed by atoms with Crippen molar-refractivity contribution >= 4 is 5.95 Å². The van der Waals surface area contributed by atoms with E-state index in [1.807, 2.05) is 20.9 Å². The van der Waals surface area contributed by atoms with Crippen molar-refractivity contribution < 1.29 is 0 Å². The van der Waals surface area contributed by atoms with Gasteiger partial charge in [-0.05, 0) is 25.2 Å². The van der Waals surface area contributed by atoms with Crippen LogP contribution in [0.3, 0.4) is 0 Å². The summed E-state index contributed by atoms with van der Waals surface area (Å²) < 4.78 is 0. The van der Waals surface area contributed by atoms with Crippen molar-refractivity contribution in [1.82, 2.24) is 9.97 Å². The lowest BCUT2D eigenvalue weighted by Crippen LogP contribution is -2.10. The van der Waals surface area contributed by atoms with Crippen LogP contribution in [0.2, 0.25) is 0 Å². The van der Waals surface area contributed by atoms with Crippen LogP contribution in [0.1, 0.15) is 38.6 Å². The summed E-state index contributed by atoms with van der Waals surface area (Å²) >= 11 is 0. The van der Waals surface area contributed by atoms with Crippen molar-refractivity contribution in [2.24, 2.45) is 5.92 Å². The van der Waals surface area contributed by atoms with Gasteiger partial charge in [-0.2, -0.15) is 0 Å². The van der Waals surface area contributed by atoms with Gasteiger partial charge in [-0.3, -0.25) is 0 Å². The first-order valence-electron chi connectivity index (χ1n) is 5.55. The van der Waals surface area contributed by atoms with Crippen molar-refractivity contribution in [2.45, 2.75) is 40.0 Å². The maximum absolute atomic E-state index is 4.44. The summed E-state index contributed by atoms with van der Waals surface area (Å²) in [5.74, 6) is 1.72. The third-order valence-corrected chi connectivity index (χ3v) is 2.53. The molecule has 80 valence electrons. The molecule has 0 aliphatic heterocycles. The zero-order chi connectivity index (χ0) is 10.6. The van der Waals surface area contributed by atoms with E-state index in [-0.39, 0.29) is 0 Å². The highest BCUT2D eigenvalue weighted by molar-refractivity contribution is 5.31. The molecule has 0 spiro atoms. The molecule has 1 atom stereocenters. The van der Waals surface area contributed by atoms with Crippen molar-refractivity contribution in [3.05, 3.63) is 11.4 Å². The van der Waals surface area contributed by atoms with Gasteiger partial charge in [0, 0.05) is 12.7 Å². The second kappa shape index (κ2) is 5.03. The predicted molar refractivity (Wildman–Crippen MR) is 60.7 cm³/mol. The number of aryl methyl sites for hydroxylation is 1. The highest BCUT2D eigenvalue weighted by atomic mass is 15.1. The molecule has 1 unspecified atom stereocenters. The number of hydrogen-bond donors (Lipinski definition) is 2. The van der Waals surface area contributed by atoms with Crippen LogP contribution in [0.25, 0.3) is 0 Å². The largest absolute Gasteiger partial charge is 0.359 e. The summed E-state index contributed by atoms with van der Waals surface area (Å²) in [5.41, 5.74) is 2.59. The monoisotopic (exact) mass is 195 g/mol. The van der Waals surface area contributed by atoms with Crippen molar-refractivity contribution in [1.29, 1.82) is 0 Å². The van der Waals surface area contributed by atoms with Crippen LogP contribution in [-0.4, -0.2) is 17.0 Å². The van der Waals surface area contributed by atoms with Gasteiger partial charge in [-0.15, -0.1) is 0 Å². The van der Waals surface area contributed by atoms with Gasteiger partial charge >= 0.3 is 0 Å². The molecule has 1 aliphatic rings. The Balaban J connectivity index is 0.000000461. The summed E-state index contributed by atoms with van der Waals surface area (Å²) in [7, 11) is 1.90. The number of nitrogens with zero attached hydrogens (tertiary/aromatic N) is 1. The minimum Gasteiger partial charge on any atom is -0.359 e. The Morgan fingerprint density at radius 3 is 2.79 bits per heavy atom. The van der Waals surface area contributed by atoms with Gasteiger partial charge in [0.05, 0.1) is 5.69 Å². The number of rotatable bonds is 1. The van der Waals surface area contributed by atoms with E-state index in [1.54, 1.807) is 0 Å². The van der Waals surface area contributed by atoms with Gasteiger partial charge in [0.15, 0.2) is 5.95 Å². The zero-order valence-corrected chi connectivity index (χ0v) is 9.65. The number of aromatic nitrogens is 2. The summed E-state index contributed by atoms with van der Waals surface area (Å²) in [6.07, 6.45) is 3.57. The Bertz CT molecular complexity index is 278. The standard InChI is InChI=1S/C9H15N3.C2H6/c1-6-3-4-7-8(5-6)12-9(10-2)11-7;1-2/h6H,3-5H2,1-2H3,(H2,10,11,12);1-2H3. The van der Waals surface area contributed by atoms with Gasteiger partial charge < -0.3 is 10.3 Å². The molecule has 2 N–H and O–H groups in total. The fourth-order valence-electron chi connectivity index (χ4n) is 1.77. The van der Waals surface area contributed by atoms with Crippen molar-refractivity contribution in [2.75, 3.05) is 12.4 Å². The van der Waals surface area contributed by atoms with E-state index in [0.717, 1.165) is 24.7 Å². The molecule has 3 heteroatoms.